The third-order valence-electron chi connectivity index (χ3n) is 1.91. The van der Waals surface area contributed by atoms with Crippen molar-refractivity contribution in [2.45, 2.75) is 0 Å². The van der Waals surface area contributed by atoms with E-state index >= 15 is 0 Å². The van der Waals surface area contributed by atoms with Crippen molar-refractivity contribution >= 4 is 33.3 Å². The molecule has 0 saturated heterocycles. The highest BCUT2D eigenvalue weighted by molar-refractivity contribution is 9.11. The van der Waals surface area contributed by atoms with Crippen molar-refractivity contribution in [2.75, 3.05) is 11.9 Å². The maximum absolute atomic E-state index is 10.8. The molecule has 0 unspecified atom stereocenters. The molecule has 0 bridgehead atoms. The number of hydrogen-bond donors (Lipinski definition) is 2. The Kier molecular flexibility index (Phi) is 4.22. The average molecular weight is 301 g/mol. The topological polar surface area (TPSA) is 92.5 Å². The smallest absolute Gasteiger partial charge is 0.342 e. The molecule has 0 fully saturated rings. The minimum Gasteiger partial charge on any atom is -0.477 e. The summed E-state index contributed by atoms with van der Waals surface area (Å²) in [5.74, 6) is -1.33. The normalized spacial score (nSPS) is 9.71. The van der Waals surface area contributed by atoms with E-state index in [1.807, 2.05) is 0 Å². The second-order valence-corrected chi connectivity index (χ2v) is 4.29. The van der Waals surface area contributed by atoms with Crippen LogP contribution >= 0.6 is 15.9 Å². The van der Waals surface area contributed by atoms with Gasteiger partial charge in [-0.25, -0.2) is 4.79 Å². The van der Waals surface area contributed by atoms with E-state index in [2.05, 4.69) is 27.8 Å². The molecule has 1 aromatic carbocycles. The summed E-state index contributed by atoms with van der Waals surface area (Å²) in [6.45, 7) is 3.99. The first-order valence-corrected chi connectivity index (χ1v) is 5.30. The molecule has 0 amide bonds. The van der Waals surface area contributed by atoms with Crippen LogP contribution in [0.2, 0.25) is 0 Å². The molecular formula is C10H9BrN2O4. The predicted molar refractivity (Wildman–Crippen MR) is 66.6 cm³/mol. The molecule has 2 N–H and O–H groups in total. The Morgan fingerprint density at radius 1 is 1.59 bits per heavy atom. The Morgan fingerprint density at radius 3 is 2.71 bits per heavy atom. The Labute approximate surface area is 105 Å². The molecule has 0 aliphatic carbocycles. The van der Waals surface area contributed by atoms with E-state index in [-0.39, 0.29) is 5.56 Å². The van der Waals surface area contributed by atoms with Crippen LogP contribution in [-0.4, -0.2) is 22.5 Å². The summed E-state index contributed by atoms with van der Waals surface area (Å²) in [6.07, 6.45) is 0. The standard InChI is InChI=1S/C10H9BrN2O4/c1-6(11)5-12-7-2-3-8(10(14)15)9(4-7)13(16)17/h2-4,12H,1,5H2,(H,14,15). The van der Waals surface area contributed by atoms with Gasteiger partial charge in [0.15, 0.2) is 0 Å². The number of nitro benzene ring substituents is 1. The van der Waals surface area contributed by atoms with Crippen LogP contribution in [0.25, 0.3) is 0 Å². The first kappa shape index (κ1) is 13.2. The van der Waals surface area contributed by atoms with Gasteiger partial charge >= 0.3 is 5.97 Å². The fourth-order valence-electron chi connectivity index (χ4n) is 1.17. The average Bonchev–Trinajstić information content (AvgIpc) is 2.25. The highest BCUT2D eigenvalue weighted by atomic mass is 79.9. The predicted octanol–water partition coefficient (Wildman–Crippen LogP) is 2.61. The molecule has 0 radical (unpaired) electrons. The van der Waals surface area contributed by atoms with Crippen molar-refractivity contribution in [3.63, 3.8) is 0 Å². The fraction of sp³-hybridized carbons (Fsp3) is 0.100. The molecule has 7 heteroatoms. The third kappa shape index (κ3) is 3.56. The minimum absolute atomic E-state index is 0.335. The molecule has 0 saturated carbocycles. The van der Waals surface area contributed by atoms with Gasteiger partial charge in [-0.3, -0.25) is 10.1 Å². The van der Waals surface area contributed by atoms with E-state index in [9.17, 15) is 14.9 Å². The number of nitrogens with one attached hydrogen (secondary N) is 1. The maximum Gasteiger partial charge on any atom is 0.342 e. The quantitative estimate of drug-likeness (QED) is 0.644. The summed E-state index contributed by atoms with van der Waals surface area (Å²) in [5.41, 5.74) is -0.316. The van der Waals surface area contributed by atoms with Gasteiger partial charge in [-0.2, -0.15) is 0 Å². The van der Waals surface area contributed by atoms with E-state index in [1.165, 1.54) is 18.2 Å². The lowest BCUT2D eigenvalue weighted by atomic mass is 10.1. The first-order valence-electron chi connectivity index (χ1n) is 4.50. The van der Waals surface area contributed by atoms with Gasteiger partial charge in [0, 0.05) is 22.8 Å². The highest BCUT2D eigenvalue weighted by Crippen LogP contribution is 2.23. The zero-order valence-corrected chi connectivity index (χ0v) is 10.2. The van der Waals surface area contributed by atoms with E-state index in [0.717, 1.165) is 0 Å². The van der Waals surface area contributed by atoms with Crippen LogP contribution in [-0.2, 0) is 0 Å². The molecule has 0 aliphatic rings. The number of rotatable bonds is 5. The summed E-state index contributed by atoms with van der Waals surface area (Å²) in [6, 6.07) is 3.84. The first-order chi connectivity index (χ1) is 7.91. The van der Waals surface area contributed by atoms with E-state index in [1.54, 1.807) is 0 Å². The summed E-state index contributed by atoms with van der Waals surface area (Å²) < 4.78 is 0.683. The molecule has 0 spiro atoms. The van der Waals surface area contributed by atoms with Crippen molar-refractivity contribution in [1.29, 1.82) is 0 Å². The van der Waals surface area contributed by atoms with Crippen LogP contribution in [0.3, 0.4) is 0 Å². The molecule has 0 heterocycles. The van der Waals surface area contributed by atoms with Crippen molar-refractivity contribution in [3.05, 3.63) is 44.9 Å². The summed E-state index contributed by atoms with van der Waals surface area (Å²) in [4.78, 5) is 20.7. The molecule has 17 heavy (non-hydrogen) atoms. The number of nitro groups is 1. The number of carboxylic acid groups (broad SMARTS) is 1. The lowest BCUT2D eigenvalue weighted by Gasteiger charge is -2.06. The van der Waals surface area contributed by atoms with Gasteiger partial charge in [-0.05, 0) is 12.1 Å². The van der Waals surface area contributed by atoms with Gasteiger partial charge in [-0.1, -0.05) is 22.5 Å². The van der Waals surface area contributed by atoms with Crippen molar-refractivity contribution in [3.8, 4) is 0 Å². The summed E-state index contributed by atoms with van der Waals surface area (Å²) in [7, 11) is 0. The number of halogens is 1. The van der Waals surface area contributed by atoms with Gasteiger partial charge in [0.05, 0.1) is 4.92 Å². The number of anilines is 1. The van der Waals surface area contributed by atoms with Crippen LogP contribution in [0.4, 0.5) is 11.4 Å². The lowest BCUT2D eigenvalue weighted by molar-refractivity contribution is -0.385. The number of benzene rings is 1. The van der Waals surface area contributed by atoms with Gasteiger partial charge in [0.25, 0.3) is 5.69 Å². The molecule has 1 aromatic rings. The Bertz CT molecular complexity index is 487. The van der Waals surface area contributed by atoms with E-state index < -0.39 is 16.6 Å². The van der Waals surface area contributed by atoms with Gasteiger partial charge in [0.1, 0.15) is 5.56 Å². The number of aromatic carboxylic acids is 1. The number of nitrogens with zero attached hydrogens (tertiary/aromatic N) is 1. The second-order valence-electron chi connectivity index (χ2n) is 3.17. The van der Waals surface area contributed by atoms with E-state index in [0.29, 0.717) is 16.7 Å². The molecular weight excluding hydrogens is 292 g/mol. The Morgan fingerprint density at radius 2 is 2.24 bits per heavy atom. The number of hydrogen-bond acceptors (Lipinski definition) is 4. The molecule has 0 aromatic heterocycles. The third-order valence-corrected chi connectivity index (χ3v) is 2.19. The molecule has 0 atom stereocenters. The molecule has 0 aliphatic heterocycles. The SMILES string of the molecule is C=C(Br)CNc1ccc(C(=O)O)c([N+](=O)[O-])c1. The Hall–Kier alpha value is -1.89. The number of carbonyl (C=O) groups is 1. The van der Waals surface area contributed by atoms with Gasteiger partial charge in [0.2, 0.25) is 0 Å². The fourth-order valence-corrected chi connectivity index (χ4v) is 1.31. The van der Waals surface area contributed by atoms with Crippen LogP contribution in [0, 0.1) is 10.1 Å². The van der Waals surface area contributed by atoms with Crippen molar-refractivity contribution in [1.82, 2.24) is 0 Å². The lowest BCUT2D eigenvalue weighted by Crippen LogP contribution is -2.05. The summed E-state index contributed by atoms with van der Waals surface area (Å²) >= 11 is 3.13. The van der Waals surface area contributed by atoms with Crippen molar-refractivity contribution in [2.24, 2.45) is 0 Å². The highest BCUT2D eigenvalue weighted by Gasteiger charge is 2.19. The van der Waals surface area contributed by atoms with Crippen LogP contribution in [0.1, 0.15) is 10.4 Å². The van der Waals surface area contributed by atoms with Crippen LogP contribution in [0.5, 0.6) is 0 Å². The van der Waals surface area contributed by atoms with E-state index in [4.69, 9.17) is 5.11 Å². The Balaban J connectivity index is 3.05. The van der Waals surface area contributed by atoms with Gasteiger partial charge < -0.3 is 10.4 Å². The second kappa shape index (κ2) is 5.44. The monoisotopic (exact) mass is 300 g/mol. The largest absolute Gasteiger partial charge is 0.477 e. The zero-order chi connectivity index (χ0) is 13.0. The molecule has 1 rings (SSSR count). The summed E-state index contributed by atoms with van der Waals surface area (Å²) in [5, 5.41) is 22.3. The van der Waals surface area contributed by atoms with Crippen molar-refractivity contribution < 1.29 is 14.8 Å². The zero-order valence-electron chi connectivity index (χ0n) is 8.64. The molecule has 6 nitrogen and oxygen atoms in total. The van der Waals surface area contributed by atoms with Crippen LogP contribution < -0.4 is 5.32 Å². The number of carboxylic acids is 1. The minimum atomic E-state index is -1.33. The molecule has 90 valence electrons. The van der Waals surface area contributed by atoms with Crippen LogP contribution in [0.15, 0.2) is 29.3 Å². The van der Waals surface area contributed by atoms with Gasteiger partial charge in [-0.15, -0.1) is 0 Å². The maximum atomic E-state index is 10.8.